The van der Waals surface area contributed by atoms with Gasteiger partial charge in [-0.05, 0) is 18.9 Å². The molecule has 1 aromatic rings. The summed E-state index contributed by atoms with van der Waals surface area (Å²) in [6.45, 7) is 0. The van der Waals surface area contributed by atoms with E-state index < -0.39 is 27.8 Å². The lowest BCUT2D eigenvalue weighted by Gasteiger charge is -2.11. The number of aromatic hydroxyl groups is 2. The van der Waals surface area contributed by atoms with Gasteiger partial charge in [0.1, 0.15) is 10.8 Å². The fraction of sp³-hybridized carbons (Fsp3) is 0.300. The SMILES string of the molecule is N#CC1(c2cc(F)c(O)c(Cl)c2O)CC1. The molecule has 0 bridgehead atoms. The summed E-state index contributed by atoms with van der Waals surface area (Å²) in [4.78, 5) is 0. The normalized spacial score (nSPS) is 17.1. The van der Waals surface area contributed by atoms with E-state index in [-0.39, 0.29) is 5.56 Å². The number of benzene rings is 1. The second-order valence-electron chi connectivity index (χ2n) is 3.61. The predicted molar refractivity (Wildman–Crippen MR) is 51.3 cm³/mol. The Kier molecular flexibility index (Phi) is 2.02. The number of phenolic OH excluding ortho intramolecular Hbond substituents is 2. The molecule has 0 spiro atoms. The molecule has 2 rings (SSSR count). The van der Waals surface area contributed by atoms with E-state index in [0.29, 0.717) is 12.8 Å². The van der Waals surface area contributed by atoms with Gasteiger partial charge in [-0.1, -0.05) is 11.6 Å². The van der Waals surface area contributed by atoms with Crippen LogP contribution in [0.2, 0.25) is 5.02 Å². The van der Waals surface area contributed by atoms with Crippen LogP contribution < -0.4 is 0 Å². The van der Waals surface area contributed by atoms with Crippen LogP contribution in [0.25, 0.3) is 0 Å². The molecule has 0 heterocycles. The lowest BCUT2D eigenvalue weighted by atomic mass is 9.96. The molecule has 78 valence electrons. The van der Waals surface area contributed by atoms with Crippen molar-refractivity contribution in [2.75, 3.05) is 0 Å². The van der Waals surface area contributed by atoms with Crippen LogP contribution in [-0.2, 0) is 5.41 Å². The molecule has 0 atom stereocenters. The van der Waals surface area contributed by atoms with Crippen LogP contribution >= 0.6 is 11.6 Å². The van der Waals surface area contributed by atoms with Gasteiger partial charge in [0.15, 0.2) is 11.6 Å². The first-order chi connectivity index (χ1) is 7.02. The Morgan fingerprint density at radius 1 is 1.40 bits per heavy atom. The predicted octanol–water partition coefficient (Wildman–Crippen LogP) is 2.45. The van der Waals surface area contributed by atoms with Crippen molar-refractivity contribution < 1.29 is 14.6 Å². The quantitative estimate of drug-likeness (QED) is 0.775. The molecule has 0 radical (unpaired) electrons. The van der Waals surface area contributed by atoms with Gasteiger partial charge in [-0.25, -0.2) is 4.39 Å². The van der Waals surface area contributed by atoms with Crippen LogP contribution in [0.3, 0.4) is 0 Å². The highest BCUT2D eigenvalue weighted by Gasteiger charge is 2.47. The minimum absolute atomic E-state index is 0.158. The summed E-state index contributed by atoms with van der Waals surface area (Å²) in [6, 6.07) is 2.98. The molecule has 0 unspecified atom stereocenters. The summed E-state index contributed by atoms with van der Waals surface area (Å²) in [5, 5.41) is 27.2. The van der Waals surface area contributed by atoms with Crippen molar-refractivity contribution in [2.24, 2.45) is 0 Å². The first-order valence-electron chi connectivity index (χ1n) is 4.33. The average Bonchev–Trinajstić information content (AvgIpc) is 3.01. The Morgan fingerprint density at radius 3 is 2.47 bits per heavy atom. The number of hydrogen-bond acceptors (Lipinski definition) is 3. The van der Waals surface area contributed by atoms with Crippen LogP contribution in [0.1, 0.15) is 18.4 Å². The molecule has 3 nitrogen and oxygen atoms in total. The fourth-order valence-corrected chi connectivity index (χ4v) is 1.72. The van der Waals surface area contributed by atoms with E-state index >= 15 is 0 Å². The molecular weight excluding hydrogens is 221 g/mol. The topological polar surface area (TPSA) is 64.2 Å². The maximum atomic E-state index is 13.2. The standard InChI is InChI=1S/C10H7ClFNO2/c11-7-8(14)5(3-6(12)9(7)15)10(4-13)1-2-10/h3,14-15H,1-2H2. The molecule has 1 aromatic carbocycles. The van der Waals surface area contributed by atoms with Gasteiger partial charge in [-0.2, -0.15) is 5.26 Å². The van der Waals surface area contributed by atoms with Crippen molar-refractivity contribution in [1.82, 2.24) is 0 Å². The van der Waals surface area contributed by atoms with Gasteiger partial charge in [0, 0.05) is 5.56 Å². The van der Waals surface area contributed by atoms with Crippen LogP contribution in [0.15, 0.2) is 6.07 Å². The summed E-state index contributed by atoms with van der Waals surface area (Å²) >= 11 is 5.53. The minimum Gasteiger partial charge on any atom is -0.506 e. The minimum atomic E-state index is -0.922. The molecular formula is C10H7ClFNO2. The van der Waals surface area contributed by atoms with Gasteiger partial charge in [-0.3, -0.25) is 0 Å². The van der Waals surface area contributed by atoms with E-state index in [0.717, 1.165) is 6.07 Å². The third kappa shape index (κ3) is 1.31. The number of nitriles is 1. The molecule has 15 heavy (non-hydrogen) atoms. The van der Waals surface area contributed by atoms with E-state index in [1.807, 2.05) is 6.07 Å². The molecule has 5 heteroatoms. The molecule has 1 aliphatic carbocycles. The molecule has 0 saturated heterocycles. The highest BCUT2D eigenvalue weighted by atomic mass is 35.5. The molecule has 2 N–H and O–H groups in total. The van der Waals surface area contributed by atoms with Crippen LogP contribution in [0.5, 0.6) is 11.5 Å². The van der Waals surface area contributed by atoms with E-state index in [2.05, 4.69) is 0 Å². The Labute approximate surface area is 90.3 Å². The average molecular weight is 228 g/mol. The van der Waals surface area contributed by atoms with E-state index in [1.165, 1.54) is 0 Å². The number of hydrogen-bond donors (Lipinski definition) is 2. The maximum Gasteiger partial charge on any atom is 0.174 e. The van der Waals surface area contributed by atoms with Gasteiger partial charge in [-0.15, -0.1) is 0 Å². The number of halogens is 2. The Morgan fingerprint density at radius 2 is 2.00 bits per heavy atom. The second-order valence-corrected chi connectivity index (χ2v) is 3.99. The highest BCUT2D eigenvalue weighted by Crippen LogP contribution is 2.53. The maximum absolute atomic E-state index is 13.2. The van der Waals surface area contributed by atoms with E-state index in [1.54, 1.807) is 0 Å². The number of phenols is 2. The van der Waals surface area contributed by atoms with Crippen molar-refractivity contribution in [1.29, 1.82) is 5.26 Å². The Balaban J connectivity index is 2.65. The first-order valence-corrected chi connectivity index (χ1v) is 4.71. The Bertz CT molecular complexity index is 477. The largest absolute Gasteiger partial charge is 0.506 e. The smallest absolute Gasteiger partial charge is 0.174 e. The van der Waals surface area contributed by atoms with Gasteiger partial charge in [0.2, 0.25) is 0 Å². The summed E-state index contributed by atoms with van der Waals surface area (Å²) in [7, 11) is 0. The molecule has 1 saturated carbocycles. The van der Waals surface area contributed by atoms with Crippen molar-refractivity contribution in [3.05, 3.63) is 22.5 Å². The molecule has 0 amide bonds. The zero-order valence-corrected chi connectivity index (χ0v) is 8.35. The van der Waals surface area contributed by atoms with Crippen molar-refractivity contribution >= 4 is 11.6 Å². The summed E-state index contributed by atoms with van der Waals surface area (Å²) in [5.41, 5.74) is -0.673. The zero-order valence-electron chi connectivity index (χ0n) is 7.59. The third-order valence-electron chi connectivity index (χ3n) is 2.65. The van der Waals surface area contributed by atoms with Crippen molar-refractivity contribution in [3.8, 4) is 17.6 Å². The zero-order chi connectivity index (χ0) is 11.2. The monoisotopic (exact) mass is 227 g/mol. The molecule has 1 fully saturated rings. The van der Waals surface area contributed by atoms with Crippen molar-refractivity contribution in [3.63, 3.8) is 0 Å². The van der Waals surface area contributed by atoms with E-state index in [9.17, 15) is 9.50 Å². The van der Waals surface area contributed by atoms with Gasteiger partial charge in [0.05, 0.1) is 11.5 Å². The summed E-state index contributed by atoms with van der Waals surface area (Å²) < 4.78 is 13.2. The highest BCUT2D eigenvalue weighted by molar-refractivity contribution is 6.33. The van der Waals surface area contributed by atoms with E-state index in [4.69, 9.17) is 22.0 Å². The van der Waals surface area contributed by atoms with Gasteiger partial charge < -0.3 is 10.2 Å². The fourth-order valence-electron chi connectivity index (χ4n) is 1.53. The molecule has 0 aliphatic heterocycles. The van der Waals surface area contributed by atoms with Crippen molar-refractivity contribution in [2.45, 2.75) is 18.3 Å². The number of rotatable bonds is 1. The molecule has 1 aliphatic rings. The van der Waals surface area contributed by atoms with Crippen LogP contribution in [0, 0.1) is 17.1 Å². The lowest BCUT2D eigenvalue weighted by Crippen LogP contribution is -2.04. The summed E-state index contributed by atoms with van der Waals surface area (Å²) in [6.07, 6.45) is 1.13. The third-order valence-corrected chi connectivity index (χ3v) is 3.01. The first kappa shape index (κ1) is 10.1. The van der Waals surface area contributed by atoms with Gasteiger partial charge in [0.25, 0.3) is 0 Å². The van der Waals surface area contributed by atoms with Gasteiger partial charge >= 0.3 is 0 Å². The summed E-state index contributed by atoms with van der Waals surface area (Å²) in [5.74, 6) is -2.12. The van der Waals surface area contributed by atoms with Crippen LogP contribution in [0.4, 0.5) is 4.39 Å². The molecule has 0 aromatic heterocycles. The Hall–Kier alpha value is -1.47. The lowest BCUT2D eigenvalue weighted by molar-refractivity contribution is 0.415. The second kappa shape index (κ2) is 3.01. The number of nitrogens with zero attached hydrogens (tertiary/aromatic N) is 1. The van der Waals surface area contributed by atoms with Crippen LogP contribution in [-0.4, -0.2) is 10.2 Å².